The lowest BCUT2D eigenvalue weighted by Crippen LogP contribution is -2.45. The van der Waals surface area contributed by atoms with Crippen molar-refractivity contribution in [2.24, 2.45) is 0 Å². The molecule has 0 radical (unpaired) electrons. The average molecular weight is 285 g/mol. The number of nitrogens with one attached hydrogen (secondary N) is 1. The molecule has 1 fully saturated rings. The van der Waals surface area contributed by atoms with E-state index in [4.69, 9.17) is 0 Å². The van der Waals surface area contributed by atoms with Crippen LogP contribution in [0.1, 0.15) is 5.56 Å². The van der Waals surface area contributed by atoms with Gasteiger partial charge in [-0.25, -0.2) is 8.42 Å². The lowest BCUT2D eigenvalue weighted by Gasteiger charge is -2.25. The van der Waals surface area contributed by atoms with E-state index in [0.29, 0.717) is 19.5 Å². The third-order valence-electron chi connectivity index (χ3n) is 3.45. The highest BCUT2D eigenvalue weighted by Crippen LogP contribution is 2.13. The van der Waals surface area contributed by atoms with Gasteiger partial charge in [-0.05, 0) is 24.1 Å². The maximum Gasteiger partial charge on any atom is 0.214 e. The molecule has 106 valence electrons. The molecule has 0 aromatic carbocycles. The van der Waals surface area contributed by atoms with Crippen molar-refractivity contribution in [1.29, 1.82) is 0 Å². The van der Waals surface area contributed by atoms with Crippen molar-refractivity contribution in [2.75, 3.05) is 25.9 Å². The molecule has 0 bridgehead atoms. The number of nitrogens with zero attached hydrogens (tertiary/aromatic N) is 2. The molecule has 0 aliphatic carbocycles. The molecule has 1 aliphatic heterocycles. The fourth-order valence-electron chi connectivity index (χ4n) is 2.17. The maximum atomic E-state index is 12.2. The van der Waals surface area contributed by atoms with Crippen LogP contribution >= 0.6 is 0 Å². The quantitative estimate of drug-likeness (QED) is 0.741. The lowest BCUT2D eigenvalue weighted by molar-refractivity contribution is 0.136. The van der Waals surface area contributed by atoms with Crippen LogP contribution in [0.2, 0.25) is 0 Å². The first-order chi connectivity index (χ1) is 9.00. The first-order valence-corrected chi connectivity index (χ1v) is 7.85. The highest BCUT2D eigenvalue weighted by Gasteiger charge is 2.34. The molecular weight excluding hydrogens is 266 g/mol. The molecular formula is C12H19N3O3S. The molecule has 2 N–H and O–H groups in total. The zero-order valence-electron chi connectivity index (χ0n) is 10.9. The molecule has 1 aliphatic rings. The van der Waals surface area contributed by atoms with Gasteiger partial charge in [0, 0.05) is 32.5 Å². The van der Waals surface area contributed by atoms with Crippen LogP contribution in [0.25, 0.3) is 0 Å². The van der Waals surface area contributed by atoms with Gasteiger partial charge in [0.25, 0.3) is 0 Å². The number of aliphatic hydroxyl groups excluding tert-OH is 1. The SMILES string of the molecule is CN([C@H]1CNC[C@@H]1O)S(=O)(=O)CCc1ccncc1. The van der Waals surface area contributed by atoms with Gasteiger partial charge in [0.15, 0.2) is 0 Å². The van der Waals surface area contributed by atoms with Gasteiger partial charge in [-0.3, -0.25) is 4.98 Å². The van der Waals surface area contributed by atoms with E-state index in [0.717, 1.165) is 5.56 Å². The Labute approximate surface area is 113 Å². The van der Waals surface area contributed by atoms with Crippen LogP contribution in [0.15, 0.2) is 24.5 Å². The molecule has 2 atom stereocenters. The molecule has 0 amide bonds. The second-order valence-electron chi connectivity index (χ2n) is 4.73. The lowest BCUT2D eigenvalue weighted by atomic mass is 10.2. The molecule has 0 unspecified atom stereocenters. The number of aryl methyl sites for hydroxylation is 1. The second-order valence-corrected chi connectivity index (χ2v) is 6.88. The predicted molar refractivity (Wildman–Crippen MR) is 72.2 cm³/mol. The number of rotatable bonds is 5. The normalized spacial score (nSPS) is 23.9. The molecule has 1 saturated heterocycles. The van der Waals surface area contributed by atoms with Crippen LogP contribution in [0.4, 0.5) is 0 Å². The molecule has 2 heterocycles. The van der Waals surface area contributed by atoms with Gasteiger partial charge in [0.1, 0.15) is 0 Å². The van der Waals surface area contributed by atoms with Crippen molar-refractivity contribution < 1.29 is 13.5 Å². The van der Waals surface area contributed by atoms with Crippen molar-refractivity contribution in [3.05, 3.63) is 30.1 Å². The van der Waals surface area contributed by atoms with E-state index < -0.39 is 16.1 Å². The second kappa shape index (κ2) is 5.96. The molecule has 0 saturated carbocycles. The van der Waals surface area contributed by atoms with E-state index in [2.05, 4.69) is 10.3 Å². The van der Waals surface area contributed by atoms with Crippen molar-refractivity contribution in [3.8, 4) is 0 Å². The van der Waals surface area contributed by atoms with E-state index in [1.54, 1.807) is 12.4 Å². The van der Waals surface area contributed by atoms with Crippen molar-refractivity contribution in [1.82, 2.24) is 14.6 Å². The van der Waals surface area contributed by atoms with E-state index in [1.807, 2.05) is 12.1 Å². The standard InChI is InChI=1S/C12H19N3O3S/c1-15(11-8-14-9-12(11)16)19(17,18)7-4-10-2-5-13-6-3-10/h2-3,5-6,11-12,14,16H,4,7-9H2,1H3/t11-,12-/m0/s1. The summed E-state index contributed by atoms with van der Waals surface area (Å²) in [5.41, 5.74) is 0.942. The number of hydrogen-bond donors (Lipinski definition) is 2. The minimum absolute atomic E-state index is 0.0384. The number of β-amino-alcohol motifs (C(OH)–C–C–N with tert-alkyl or cyclic N) is 1. The molecule has 19 heavy (non-hydrogen) atoms. The highest BCUT2D eigenvalue weighted by molar-refractivity contribution is 7.89. The van der Waals surface area contributed by atoms with E-state index in [-0.39, 0.29) is 11.8 Å². The van der Waals surface area contributed by atoms with Gasteiger partial charge in [-0.15, -0.1) is 0 Å². The number of pyridine rings is 1. The van der Waals surface area contributed by atoms with Gasteiger partial charge >= 0.3 is 0 Å². The Kier molecular flexibility index (Phi) is 4.51. The van der Waals surface area contributed by atoms with E-state index in [1.165, 1.54) is 11.4 Å². The molecule has 1 aromatic rings. The fraction of sp³-hybridized carbons (Fsp3) is 0.583. The topological polar surface area (TPSA) is 82.5 Å². The van der Waals surface area contributed by atoms with Crippen LogP contribution in [0.5, 0.6) is 0 Å². The van der Waals surface area contributed by atoms with Gasteiger partial charge in [0.2, 0.25) is 10.0 Å². The maximum absolute atomic E-state index is 12.2. The first kappa shape index (κ1) is 14.4. The molecule has 7 heteroatoms. The predicted octanol–water partition coefficient (Wildman–Crippen LogP) is -0.782. The zero-order valence-corrected chi connectivity index (χ0v) is 11.7. The highest BCUT2D eigenvalue weighted by atomic mass is 32.2. The van der Waals surface area contributed by atoms with Crippen molar-refractivity contribution in [2.45, 2.75) is 18.6 Å². The third-order valence-corrected chi connectivity index (χ3v) is 5.32. The Hall–Kier alpha value is -1.02. The van der Waals surface area contributed by atoms with Crippen LogP contribution in [-0.2, 0) is 16.4 Å². The summed E-state index contributed by atoms with van der Waals surface area (Å²) >= 11 is 0. The summed E-state index contributed by atoms with van der Waals surface area (Å²) < 4.78 is 25.7. The Morgan fingerprint density at radius 1 is 1.42 bits per heavy atom. The Morgan fingerprint density at radius 3 is 2.68 bits per heavy atom. The smallest absolute Gasteiger partial charge is 0.214 e. The zero-order chi connectivity index (χ0) is 13.9. The van der Waals surface area contributed by atoms with E-state index in [9.17, 15) is 13.5 Å². The van der Waals surface area contributed by atoms with E-state index >= 15 is 0 Å². The minimum atomic E-state index is -3.36. The van der Waals surface area contributed by atoms with Gasteiger partial charge in [0.05, 0.1) is 17.9 Å². The summed E-state index contributed by atoms with van der Waals surface area (Å²) in [7, 11) is -1.83. The van der Waals surface area contributed by atoms with Crippen LogP contribution in [-0.4, -0.2) is 60.8 Å². The largest absolute Gasteiger partial charge is 0.390 e. The number of aliphatic hydroxyl groups is 1. The van der Waals surface area contributed by atoms with Crippen molar-refractivity contribution in [3.63, 3.8) is 0 Å². The first-order valence-electron chi connectivity index (χ1n) is 6.24. The number of aromatic nitrogens is 1. The number of sulfonamides is 1. The van der Waals surface area contributed by atoms with Gasteiger partial charge in [-0.1, -0.05) is 0 Å². The molecule has 2 rings (SSSR count). The summed E-state index contributed by atoms with van der Waals surface area (Å²) in [4.78, 5) is 3.90. The number of likely N-dealkylation sites (N-methyl/N-ethyl adjacent to an activating group) is 1. The summed E-state index contributed by atoms with van der Waals surface area (Å²) in [5.74, 6) is 0.0384. The third kappa shape index (κ3) is 3.50. The molecule has 0 spiro atoms. The minimum Gasteiger partial charge on any atom is -0.390 e. The van der Waals surface area contributed by atoms with Gasteiger partial charge in [-0.2, -0.15) is 4.31 Å². The number of hydrogen-bond acceptors (Lipinski definition) is 5. The molecule has 1 aromatic heterocycles. The summed E-state index contributed by atoms with van der Waals surface area (Å²) in [6.07, 6.45) is 3.11. The molecule has 6 nitrogen and oxygen atoms in total. The van der Waals surface area contributed by atoms with Crippen molar-refractivity contribution >= 4 is 10.0 Å². The Bertz CT molecular complexity index is 506. The van der Waals surface area contributed by atoms with Crippen LogP contribution in [0, 0.1) is 0 Å². The van der Waals surface area contributed by atoms with Crippen LogP contribution in [0.3, 0.4) is 0 Å². The monoisotopic (exact) mass is 285 g/mol. The van der Waals surface area contributed by atoms with Crippen LogP contribution < -0.4 is 5.32 Å². The average Bonchev–Trinajstić information content (AvgIpc) is 2.83. The summed E-state index contributed by atoms with van der Waals surface area (Å²) in [6, 6.07) is 3.24. The Morgan fingerprint density at radius 2 is 2.11 bits per heavy atom. The summed E-state index contributed by atoms with van der Waals surface area (Å²) in [6.45, 7) is 0.932. The van der Waals surface area contributed by atoms with Gasteiger partial charge < -0.3 is 10.4 Å². The summed E-state index contributed by atoms with van der Waals surface area (Å²) in [5, 5.41) is 12.7. The fourth-order valence-corrected chi connectivity index (χ4v) is 3.58. The Balaban J connectivity index is 1.98.